The molecule has 1 amide bonds. The first-order valence-electron chi connectivity index (χ1n) is 7.82. The van der Waals surface area contributed by atoms with Gasteiger partial charge in [0.25, 0.3) is 5.91 Å². The molecule has 2 aromatic carbocycles. The van der Waals surface area contributed by atoms with Gasteiger partial charge in [-0.05, 0) is 52.7 Å². The molecule has 0 atom stereocenters. The third-order valence-electron chi connectivity index (χ3n) is 3.81. The Bertz CT molecular complexity index is 958. The van der Waals surface area contributed by atoms with E-state index in [1.54, 1.807) is 25.3 Å². The summed E-state index contributed by atoms with van der Waals surface area (Å²) >= 11 is 11.0. The smallest absolute Gasteiger partial charge is 0.261 e. The summed E-state index contributed by atoms with van der Waals surface area (Å²) in [7, 11) is 1.54. The summed E-state index contributed by atoms with van der Waals surface area (Å²) in [6, 6.07) is 13.0. The largest absolute Gasteiger partial charge is 0.496 e. The maximum Gasteiger partial charge on any atom is 0.261 e. The minimum atomic E-state index is -0.241. The van der Waals surface area contributed by atoms with Crippen molar-refractivity contribution in [3.63, 3.8) is 0 Å². The third kappa shape index (κ3) is 4.26. The molecule has 134 valence electrons. The first-order chi connectivity index (χ1) is 12.5. The number of hydrogen-bond acceptors (Lipinski definition) is 4. The van der Waals surface area contributed by atoms with E-state index in [1.165, 1.54) is 11.3 Å². The molecular formula is C19H16BrClN2O2S. The van der Waals surface area contributed by atoms with Crippen molar-refractivity contribution >= 4 is 49.9 Å². The van der Waals surface area contributed by atoms with Crippen LogP contribution in [0.25, 0.3) is 0 Å². The van der Waals surface area contributed by atoms with Crippen molar-refractivity contribution in [1.29, 1.82) is 0 Å². The van der Waals surface area contributed by atoms with Crippen LogP contribution in [-0.2, 0) is 6.42 Å². The monoisotopic (exact) mass is 450 g/mol. The second-order valence-corrected chi connectivity index (χ2v) is 7.95. The molecule has 1 aromatic heterocycles. The molecule has 4 nitrogen and oxygen atoms in total. The van der Waals surface area contributed by atoms with E-state index >= 15 is 0 Å². The van der Waals surface area contributed by atoms with Gasteiger partial charge in [-0.3, -0.25) is 10.1 Å². The number of anilines is 1. The van der Waals surface area contributed by atoms with E-state index in [2.05, 4.69) is 26.2 Å². The molecule has 0 aliphatic rings. The van der Waals surface area contributed by atoms with Gasteiger partial charge in [0.15, 0.2) is 5.13 Å². The van der Waals surface area contributed by atoms with E-state index in [9.17, 15) is 4.79 Å². The summed E-state index contributed by atoms with van der Waals surface area (Å²) in [6.07, 6.45) is 0.709. The van der Waals surface area contributed by atoms with Crippen LogP contribution in [0.3, 0.4) is 0 Å². The first-order valence-corrected chi connectivity index (χ1v) is 9.81. The molecule has 0 unspecified atom stereocenters. The maximum absolute atomic E-state index is 12.5. The van der Waals surface area contributed by atoms with E-state index in [-0.39, 0.29) is 5.91 Å². The Kier molecular flexibility index (Phi) is 5.96. The van der Waals surface area contributed by atoms with Crippen LogP contribution in [0, 0.1) is 6.92 Å². The van der Waals surface area contributed by atoms with Gasteiger partial charge in [0, 0.05) is 15.8 Å². The van der Waals surface area contributed by atoms with Crippen molar-refractivity contribution in [3.8, 4) is 5.75 Å². The van der Waals surface area contributed by atoms with Crippen molar-refractivity contribution in [1.82, 2.24) is 4.98 Å². The van der Waals surface area contributed by atoms with Crippen molar-refractivity contribution in [2.24, 2.45) is 0 Å². The number of methoxy groups -OCH3 is 1. The number of halogens is 2. The fraction of sp³-hybridized carbons (Fsp3) is 0.158. The molecule has 3 aromatic rings. The van der Waals surface area contributed by atoms with Crippen LogP contribution in [0.2, 0.25) is 5.02 Å². The number of nitrogens with zero attached hydrogens (tertiary/aromatic N) is 1. The predicted molar refractivity (Wildman–Crippen MR) is 110 cm³/mol. The molecule has 0 bridgehead atoms. The predicted octanol–water partition coefficient (Wildman–Crippen LogP) is 5.72. The third-order valence-corrected chi connectivity index (χ3v) is 6.12. The lowest BCUT2D eigenvalue weighted by Gasteiger charge is -2.07. The summed E-state index contributed by atoms with van der Waals surface area (Å²) < 4.78 is 6.11. The Morgan fingerprint density at radius 3 is 2.81 bits per heavy atom. The van der Waals surface area contributed by atoms with Crippen molar-refractivity contribution in [3.05, 3.63) is 73.7 Å². The molecule has 0 saturated carbocycles. The van der Waals surface area contributed by atoms with Gasteiger partial charge in [0.2, 0.25) is 0 Å². The fourth-order valence-corrected chi connectivity index (χ4v) is 3.92. The van der Waals surface area contributed by atoms with E-state index in [0.717, 1.165) is 20.6 Å². The van der Waals surface area contributed by atoms with Gasteiger partial charge < -0.3 is 4.74 Å². The highest BCUT2D eigenvalue weighted by molar-refractivity contribution is 9.10. The Morgan fingerprint density at radius 1 is 1.31 bits per heavy atom. The number of carbonyl (C=O) groups is 1. The topological polar surface area (TPSA) is 51.2 Å². The number of aromatic nitrogens is 1. The summed E-state index contributed by atoms with van der Waals surface area (Å²) in [5.41, 5.74) is 2.46. The number of thiazole rings is 1. The van der Waals surface area contributed by atoms with Crippen molar-refractivity contribution < 1.29 is 9.53 Å². The van der Waals surface area contributed by atoms with Crippen LogP contribution in [0.5, 0.6) is 5.75 Å². The highest BCUT2D eigenvalue weighted by Crippen LogP contribution is 2.29. The molecule has 3 rings (SSSR count). The zero-order valence-electron chi connectivity index (χ0n) is 14.2. The van der Waals surface area contributed by atoms with Crippen LogP contribution in [0.15, 0.2) is 46.9 Å². The molecule has 1 heterocycles. The van der Waals surface area contributed by atoms with Gasteiger partial charge in [0.05, 0.1) is 23.4 Å². The molecule has 0 saturated heterocycles. The molecule has 0 aliphatic carbocycles. The average Bonchev–Trinajstić information content (AvgIpc) is 2.97. The lowest BCUT2D eigenvalue weighted by Crippen LogP contribution is -2.12. The van der Waals surface area contributed by atoms with Gasteiger partial charge >= 0.3 is 0 Å². The Balaban J connectivity index is 1.77. The molecule has 26 heavy (non-hydrogen) atoms. The number of benzene rings is 2. The van der Waals surface area contributed by atoms with Gasteiger partial charge in [-0.1, -0.05) is 29.8 Å². The summed E-state index contributed by atoms with van der Waals surface area (Å²) in [5, 5.41) is 4.10. The maximum atomic E-state index is 12.5. The average molecular weight is 452 g/mol. The lowest BCUT2D eigenvalue weighted by atomic mass is 10.1. The van der Waals surface area contributed by atoms with Crippen molar-refractivity contribution in [2.75, 3.05) is 12.4 Å². The zero-order valence-corrected chi connectivity index (χ0v) is 17.3. The minimum absolute atomic E-state index is 0.241. The van der Waals surface area contributed by atoms with E-state index in [1.807, 2.05) is 31.2 Å². The molecule has 0 fully saturated rings. The number of aryl methyl sites for hydroxylation is 1. The van der Waals surface area contributed by atoms with Crippen LogP contribution < -0.4 is 10.1 Å². The second-order valence-electron chi connectivity index (χ2n) is 5.61. The van der Waals surface area contributed by atoms with Gasteiger partial charge in [-0.25, -0.2) is 4.98 Å². The molecule has 1 N–H and O–H groups in total. The van der Waals surface area contributed by atoms with Crippen LogP contribution >= 0.6 is 38.9 Å². The van der Waals surface area contributed by atoms with Crippen LogP contribution in [-0.4, -0.2) is 18.0 Å². The fourth-order valence-electron chi connectivity index (χ4n) is 2.48. The normalized spacial score (nSPS) is 10.6. The van der Waals surface area contributed by atoms with Gasteiger partial charge in [0.1, 0.15) is 5.75 Å². The summed E-state index contributed by atoms with van der Waals surface area (Å²) in [4.78, 5) is 18.1. The van der Waals surface area contributed by atoms with Crippen LogP contribution in [0.4, 0.5) is 5.13 Å². The van der Waals surface area contributed by atoms with E-state index < -0.39 is 0 Å². The number of hydrogen-bond donors (Lipinski definition) is 1. The van der Waals surface area contributed by atoms with Gasteiger partial charge in [-0.15, -0.1) is 11.3 Å². The molecule has 0 radical (unpaired) electrons. The molecule has 7 heteroatoms. The Morgan fingerprint density at radius 2 is 2.08 bits per heavy atom. The Labute approximate surface area is 169 Å². The quantitative estimate of drug-likeness (QED) is 0.540. The molecule has 0 aliphatic heterocycles. The lowest BCUT2D eigenvalue weighted by molar-refractivity contribution is 0.102. The van der Waals surface area contributed by atoms with E-state index in [4.69, 9.17) is 16.3 Å². The number of para-hydroxylation sites is 1. The Hall–Kier alpha value is -1.89. The summed E-state index contributed by atoms with van der Waals surface area (Å²) in [5.74, 6) is 0.289. The highest BCUT2D eigenvalue weighted by atomic mass is 79.9. The molecular weight excluding hydrogens is 436 g/mol. The van der Waals surface area contributed by atoms with E-state index in [0.29, 0.717) is 27.9 Å². The minimum Gasteiger partial charge on any atom is -0.496 e. The SMILES string of the molecule is COc1ccccc1C(=O)Nc1nc(C)c(Cc2ccc(Br)c(Cl)c2)s1. The summed E-state index contributed by atoms with van der Waals surface area (Å²) in [6.45, 7) is 1.94. The zero-order chi connectivity index (χ0) is 18.7. The number of rotatable bonds is 5. The highest BCUT2D eigenvalue weighted by Gasteiger charge is 2.15. The molecule has 0 spiro atoms. The van der Waals surface area contributed by atoms with Crippen molar-refractivity contribution in [2.45, 2.75) is 13.3 Å². The van der Waals surface area contributed by atoms with Crippen LogP contribution in [0.1, 0.15) is 26.5 Å². The number of ether oxygens (including phenoxy) is 1. The first kappa shape index (κ1) is 18.9. The number of carbonyl (C=O) groups excluding carboxylic acids is 1. The number of amides is 1. The second kappa shape index (κ2) is 8.20. The van der Waals surface area contributed by atoms with Gasteiger partial charge in [-0.2, -0.15) is 0 Å². The standard InChI is InChI=1S/C19H16BrClN2O2S/c1-11-17(10-12-7-8-14(20)15(21)9-12)26-19(22-11)23-18(24)13-5-3-4-6-16(13)25-2/h3-9H,10H2,1-2H3,(H,22,23,24). The number of nitrogens with one attached hydrogen (secondary N) is 1.